The lowest BCUT2D eigenvalue weighted by Crippen LogP contribution is -2.38. The Morgan fingerprint density at radius 3 is 2.95 bits per heavy atom. The van der Waals surface area contributed by atoms with E-state index in [9.17, 15) is 4.79 Å². The molecule has 5 heteroatoms. The minimum absolute atomic E-state index is 0.0922. The van der Waals surface area contributed by atoms with Gasteiger partial charge in [0.1, 0.15) is 5.76 Å². The molecule has 22 heavy (non-hydrogen) atoms. The lowest BCUT2D eigenvalue weighted by molar-refractivity contribution is 0.235. The lowest BCUT2D eigenvalue weighted by Gasteiger charge is -2.26. The molecule has 2 amide bonds. The first-order valence-electron chi connectivity index (χ1n) is 7.69. The monoisotopic (exact) mass is 299 g/mol. The van der Waals surface area contributed by atoms with Gasteiger partial charge in [-0.25, -0.2) is 4.79 Å². The van der Waals surface area contributed by atoms with Crippen LogP contribution in [0.4, 0.5) is 4.79 Å². The highest BCUT2D eigenvalue weighted by Crippen LogP contribution is 2.29. The van der Waals surface area contributed by atoms with Crippen LogP contribution in [0, 0.1) is 13.8 Å². The number of aromatic nitrogens is 1. The fourth-order valence-corrected chi connectivity index (χ4v) is 3.04. The van der Waals surface area contributed by atoms with E-state index < -0.39 is 0 Å². The summed E-state index contributed by atoms with van der Waals surface area (Å²) in [6, 6.07) is 8.27. The number of benzene rings is 1. The molecule has 0 saturated heterocycles. The van der Waals surface area contributed by atoms with Gasteiger partial charge in [0.05, 0.1) is 11.7 Å². The highest BCUT2D eigenvalue weighted by molar-refractivity contribution is 5.74. The minimum Gasteiger partial charge on any atom is -0.361 e. The van der Waals surface area contributed by atoms with E-state index in [2.05, 4.69) is 34.0 Å². The summed E-state index contributed by atoms with van der Waals surface area (Å²) in [5.41, 5.74) is 4.34. The first-order chi connectivity index (χ1) is 10.6. The smallest absolute Gasteiger partial charge is 0.315 e. The maximum Gasteiger partial charge on any atom is 0.315 e. The van der Waals surface area contributed by atoms with E-state index in [1.54, 1.807) is 0 Å². The van der Waals surface area contributed by atoms with Crippen molar-refractivity contribution >= 4 is 6.03 Å². The van der Waals surface area contributed by atoms with Crippen LogP contribution < -0.4 is 10.6 Å². The lowest BCUT2D eigenvalue weighted by atomic mass is 9.88. The number of carbonyl (C=O) groups excluding carboxylic acids is 1. The van der Waals surface area contributed by atoms with Gasteiger partial charge in [-0.1, -0.05) is 29.4 Å². The molecule has 1 aromatic carbocycles. The molecule has 5 nitrogen and oxygen atoms in total. The Balaban J connectivity index is 1.61. The van der Waals surface area contributed by atoms with Crippen LogP contribution in [0.1, 0.15) is 47.0 Å². The zero-order chi connectivity index (χ0) is 15.5. The third kappa shape index (κ3) is 2.98. The highest BCUT2D eigenvalue weighted by atomic mass is 16.5. The number of nitrogens with zero attached hydrogens (tertiary/aromatic N) is 1. The van der Waals surface area contributed by atoms with Crippen molar-refractivity contribution in [3.8, 4) is 0 Å². The van der Waals surface area contributed by atoms with Crippen LogP contribution in [-0.4, -0.2) is 11.2 Å². The van der Waals surface area contributed by atoms with E-state index in [1.807, 2.05) is 19.9 Å². The zero-order valence-corrected chi connectivity index (χ0v) is 13.0. The Morgan fingerprint density at radius 1 is 1.36 bits per heavy atom. The summed E-state index contributed by atoms with van der Waals surface area (Å²) in [4.78, 5) is 12.2. The molecular weight excluding hydrogens is 278 g/mol. The van der Waals surface area contributed by atoms with E-state index in [0.29, 0.717) is 6.54 Å². The van der Waals surface area contributed by atoms with Gasteiger partial charge < -0.3 is 15.2 Å². The van der Waals surface area contributed by atoms with Gasteiger partial charge in [0, 0.05) is 12.1 Å². The fraction of sp³-hybridized carbons (Fsp3) is 0.412. The molecule has 0 unspecified atom stereocenters. The van der Waals surface area contributed by atoms with Crippen LogP contribution >= 0.6 is 0 Å². The van der Waals surface area contributed by atoms with E-state index in [4.69, 9.17) is 4.52 Å². The Morgan fingerprint density at radius 2 is 2.18 bits per heavy atom. The molecule has 1 heterocycles. The summed E-state index contributed by atoms with van der Waals surface area (Å²) >= 11 is 0. The molecule has 1 aliphatic rings. The summed E-state index contributed by atoms with van der Waals surface area (Å²) in [5, 5.41) is 9.86. The van der Waals surface area contributed by atoms with Crippen molar-refractivity contribution in [2.24, 2.45) is 0 Å². The molecule has 116 valence electrons. The quantitative estimate of drug-likeness (QED) is 0.914. The molecule has 0 fully saturated rings. The molecular formula is C17H21N3O2. The third-order valence-corrected chi connectivity index (χ3v) is 4.28. The molecule has 2 N–H and O–H groups in total. The predicted molar refractivity (Wildman–Crippen MR) is 83.5 cm³/mol. The number of amides is 2. The van der Waals surface area contributed by atoms with Crippen LogP contribution in [0.5, 0.6) is 0 Å². The van der Waals surface area contributed by atoms with Crippen molar-refractivity contribution in [1.82, 2.24) is 15.8 Å². The maximum atomic E-state index is 12.2. The van der Waals surface area contributed by atoms with Gasteiger partial charge in [0.15, 0.2) is 0 Å². The predicted octanol–water partition coefficient (Wildman–Crippen LogP) is 3.17. The summed E-state index contributed by atoms with van der Waals surface area (Å²) in [7, 11) is 0. The molecule has 0 bridgehead atoms. The maximum absolute atomic E-state index is 12.2. The SMILES string of the molecule is Cc1noc(C)c1CNC(=O)N[C@H]1CCCc2ccccc21. The number of fused-ring (bicyclic) bond motifs is 1. The molecule has 1 aromatic heterocycles. The molecule has 2 aromatic rings. The highest BCUT2D eigenvalue weighted by Gasteiger charge is 2.21. The van der Waals surface area contributed by atoms with Crippen LogP contribution in [0.15, 0.2) is 28.8 Å². The molecule has 1 aliphatic carbocycles. The van der Waals surface area contributed by atoms with Crippen molar-refractivity contribution < 1.29 is 9.32 Å². The second kappa shape index (κ2) is 6.22. The Bertz CT molecular complexity index is 659. The van der Waals surface area contributed by atoms with Crippen molar-refractivity contribution in [1.29, 1.82) is 0 Å². The topological polar surface area (TPSA) is 67.2 Å². The number of hydrogen-bond acceptors (Lipinski definition) is 3. The zero-order valence-electron chi connectivity index (χ0n) is 13.0. The van der Waals surface area contributed by atoms with Gasteiger partial charge in [0.2, 0.25) is 0 Å². The Kier molecular flexibility index (Phi) is 4.13. The number of nitrogens with one attached hydrogen (secondary N) is 2. The average molecular weight is 299 g/mol. The first kappa shape index (κ1) is 14.6. The van der Waals surface area contributed by atoms with E-state index in [-0.39, 0.29) is 12.1 Å². The summed E-state index contributed by atoms with van der Waals surface area (Å²) in [5.74, 6) is 0.751. The molecule has 0 spiro atoms. The molecule has 0 radical (unpaired) electrons. The number of rotatable bonds is 3. The van der Waals surface area contributed by atoms with Gasteiger partial charge in [-0.3, -0.25) is 0 Å². The van der Waals surface area contributed by atoms with Crippen molar-refractivity contribution in [3.63, 3.8) is 0 Å². The van der Waals surface area contributed by atoms with Crippen molar-refractivity contribution in [3.05, 3.63) is 52.4 Å². The number of hydrogen-bond donors (Lipinski definition) is 2. The molecule has 0 saturated carbocycles. The minimum atomic E-state index is -0.151. The molecule has 3 rings (SSSR count). The third-order valence-electron chi connectivity index (χ3n) is 4.28. The van der Waals surface area contributed by atoms with Gasteiger partial charge in [0.25, 0.3) is 0 Å². The average Bonchev–Trinajstić information content (AvgIpc) is 2.84. The molecule has 0 aliphatic heterocycles. The van der Waals surface area contributed by atoms with Crippen LogP contribution in [0.2, 0.25) is 0 Å². The van der Waals surface area contributed by atoms with E-state index >= 15 is 0 Å². The van der Waals surface area contributed by atoms with Crippen LogP contribution in [0.3, 0.4) is 0 Å². The Hall–Kier alpha value is -2.30. The van der Waals surface area contributed by atoms with Crippen LogP contribution in [0.25, 0.3) is 0 Å². The summed E-state index contributed by atoms with van der Waals surface area (Å²) < 4.78 is 5.10. The largest absolute Gasteiger partial charge is 0.361 e. The summed E-state index contributed by atoms with van der Waals surface area (Å²) in [6.45, 7) is 4.16. The number of aryl methyl sites for hydroxylation is 3. The van der Waals surface area contributed by atoms with Crippen molar-refractivity contribution in [2.45, 2.75) is 45.7 Å². The van der Waals surface area contributed by atoms with Gasteiger partial charge >= 0.3 is 6.03 Å². The van der Waals surface area contributed by atoms with Gasteiger partial charge in [-0.05, 0) is 44.2 Å². The van der Waals surface area contributed by atoms with Crippen molar-refractivity contribution in [2.75, 3.05) is 0 Å². The normalized spacial score (nSPS) is 16.9. The standard InChI is InChI=1S/C17H21N3O2/c1-11-15(12(2)22-20-11)10-18-17(21)19-16-9-5-7-13-6-3-4-8-14(13)16/h3-4,6,8,16H,5,7,9-10H2,1-2H3,(H2,18,19,21)/t16-/m0/s1. The number of carbonyl (C=O) groups is 1. The van der Waals surface area contributed by atoms with E-state index in [0.717, 1.165) is 36.3 Å². The Labute approximate surface area is 130 Å². The number of urea groups is 1. The summed E-state index contributed by atoms with van der Waals surface area (Å²) in [6.07, 6.45) is 3.18. The van der Waals surface area contributed by atoms with Gasteiger partial charge in [-0.2, -0.15) is 0 Å². The second-order valence-corrected chi connectivity index (χ2v) is 5.77. The first-order valence-corrected chi connectivity index (χ1v) is 7.69. The van der Waals surface area contributed by atoms with Crippen LogP contribution in [-0.2, 0) is 13.0 Å². The van der Waals surface area contributed by atoms with Gasteiger partial charge in [-0.15, -0.1) is 0 Å². The molecule has 1 atom stereocenters. The fourth-order valence-electron chi connectivity index (χ4n) is 3.04. The van der Waals surface area contributed by atoms with E-state index in [1.165, 1.54) is 11.1 Å². The second-order valence-electron chi connectivity index (χ2n) is 5.77.